The van der Waals surface area contributed by atoms with E-state index in [2.05, 4.69) is 34.0 Å². The number of benzene rings is 1. The van der Waals surface area contributed by atoms with Gasteiger partial charge in [-0.15, -0.1) is 0 Å². The molecular formula is C11H9INO. The number of furan rings is 1. The third-order valence-electron chi connectivity index (χ3n) is 1.81. The summed E-state index contributed by atoms with van der Waals surface area (Å²) in [5.41, 5.74) is 1.08. The first-order chi connectivity index (χ1) is 6.84. The van der Waals surface area contributed by atoms with Crippen LogP contribution >= 0.6 is 22.6 Å². The summed E-state index contributed by atoms with van der Waals surface area (Å²) in [7, 11) is 0. The van der Waals surface area contributed by atoms with E-state index in [4.69, 9.17) is 4.42 Å². The number of halogens is 1. The lowest BCUT2D eigenvalue weighted by atomic mass is 10.3. The van der Waals surface area contributed by atoms with Gasteiger partial charge in [0.1, 0.15) is 5.76 Å². The first-order valence-corrected chi connectivity index (χ1v) is 5.37. The van der Waals surface area contributed by atoms with Gasteiger partial charge in [0.25, 0.3) is 0 Å². The molecule has 0 spiro atoms. The highest BCUT2D eigenvalue weighted by Gasteiger charge is 1.98. The van der Waals surface area contributed by atoms with Crippen LogP contribution in [0.15, 0.2) is 40.8 Å². The maximum Gasteiger partial charge on any atom is 0.164 e. The molecule has 2 nitrogen and oxygen atoms in total. The van der Waals surface area contributed by atoms with Gasteiger partial charge in [-0.05, 0) is 52.9 Å². The van der Waals surface area contributed by atoms with Gasteiger partial charge in [-0.1, -0.05) is 12.1 Å². The van der Waals surface area contributed by atoms with Gasteiger partial charge in [-0.2, -0.15) is 0 Å². The summed E-state index contributed by atoms with van der Waals surface area (Å²) in [4.78, 5) is 0. The van der Waals surface area contributed by atoms with Crippen molar-refractivity contribution in [1.29, 1.82) is 0 Å². The summed E-state index contributed by atoms with van der Waals surface area (Å²) >= 11 is 2.16. The minimum atomic E-state index is 0.715. The molecule has 0 saturated heterocycles. The molecule has 0 saturated carbocycles. The van der Waals surface area contributed by atoms with Crippen molar-refractivity contribution in [3.8, 4) is 0 Å². The van der Waals surface area contributed by atoms with Crippen molar-refractivity contribution in [1.82, 2.24) is 0 Å². The fourth-order valence-corrected chi connectivity index (χ4v) is 1.60. The number of hydrogen-bond acceptors (Lipinski definition) is 2. The van der Waals surface area contributed by atoms with Crippen LogP contribution in [0.3, 0.4) is 0 Å². The monoisotopic (exact) mass is 298 g/mol. The zero-order valence-electron chi connectivity index (χ0n) is 7.46. The highest BCUT2D eigenvalue weighted by Crippen LogP contribution is 2.12. The zero-order valence-corrected chi connectivity index (χ0v) is 9.61. The molecule has 1 aromatic carbocycles. The highest BCUT2D eigenvalue weighted by atomic mass is 127. The molecule has 1 heterocycles. The lowest BCUT2D eigenvalue weighted by Crippen LogP contribution is -1.97. The molecule has 0 atom stereocenters. The summed E-state index contributed by atoms with van der Waals surface area (Å²) in [5, 5.41) is 3.26. The SMILES string of the molecule is Ic1ccc(CNc2cc[c]cc2)o1. The Labute approximate surface area is 96.5 Å². The van der Waals surface area contributed by atoms with E-state index in [9.17, 15) is 0 Å². The predicted octanol–water partition coefficient (Wildman–Crippen LogP) is 3.30. The molecule has 3 heteroatoms. The van der Waals surface area contributed by atoms with E-state index >= 15 is 0 Å². The fourth-order valence-electron chi connectivity index (χ4n) is 1.14. The van der Waals surface area contributed by atoms with Gasteiger partial charge in [-0.25, -0.2) is 0 Å². The number of anilines is 1. The van der Waals surface area contributed by atoms with E-state index in [0.29, 0.717) is 6.54 Å². The normalized spacial score (nSPS) is 10.1. The lowest BCUT2D eigenvalue weighted by Gasteiger charge is -2.02. The molecule has 0 bridgehead atoms. The van der Waals surface area contributed by atoms with Gasteiger partial charge in [0.05, 0.1) is 6.54 Å². The van der Waals surface area contributed by atoms with Crippen LogP contribution in [-0.2, 0) is 6.54 Å². The van der Waals surface area contributed by atoms with E-state index in [1.807, 2.05) is 36.4 Å². The molecule has 2 aromatic rings. The second-order valence-electron chi connectivity index (χ2n) is 2.85. The first kappa shape index (κ1) is 9.58. The van der Waals surface area contributed by atoms with Crippen LogP contribution in [0.25, 0.3) is 0 Å². The van der Waals surface area contributed by atoms with E-state index in [1.54, 1.807) is 0 Å². The van der Waals surface area contributed by atoms with Crippen molar-refractivity contribution in [3.63, 3.8) is 0 Å². The molecule has 1 aromatic heterocycles. The van der Waals surface area contributed by atoms with E-state index in [0.717, 1.165) is 15.2 Å². The predicted molar refractivity (Wildman–Crippen MR) is 64.0 cm³/mol. The Balaban J connectivity index is 1.95. The Bertz CT molecular complexity index is 397. The molecule has 0 unspecified atom stereocenters. The highest BCUT2D eigenvalue weighted by molar-refractivity contribution is 14.1. The second-order valence-corrected chi connectivity index (χ2v) is 3.91. The van der Waals surface area contributed by atoms with Gasteiger partial charge in [-0.3, -0.25) is 0 Å². The van der Waals surface area contributed by atoms with Crippen LogP contribution in [0.5, 0.6) is 0 Å². The minimum absolute atomic E-state index is 0.715. The van der Waals surface area contributed by atoms with Crippen molar-refractivity contribution in [2.75, 3.05) is 5.32 Å². The molecule has 0 amide bonds. The maximum atomic E-state index is 5.42. The third kappa shape index (κ3) is 2.51. The molecule has 2 rings (SSSR count). The van der Waals surface area contributed by atoms with Crippen LogP contribution in [0.2, 0.25) is 0 Å². The van der Waals surface area contributed by atoms with E-state index in [1.165, 1.54) is 0 Å². The third-order valence-corrected chi connectivity index (χ3v) is 2.39. The Morgan fingerprint density at radius 2 is 2.00 bits per heavy atom. The van der Waals surface area contributed by atoms with Gasteiger partial charge in [0.2, 0.25) is 0 Å². The van der Waals surface area contributed by atoms with Crippen molar-refractivity contribution >= 4 is 28.3 Å². The van der Waals surface area contributed by atoms with Crippen LogP contribution in [0.1, 0.15) is 5.76 Å². The Kier molecular flexibility index (Phi) is 3.08. The van der Waals surface area contributed by atoms with Crippen LogP contribution in [0, 0.1) is 9.83 Å². The first-order valence-electron chi connectivity index (χ1n) is 4.29. The quantitative estimate of drug-likeness (QED) is 0.880. The summed E-state index contributed by atoms with van der Waals surface area (Å²) in [6.07, 6.45) is 0. The standard InChI is InChI=1S/C11H9INO/c12-11-7-6-10(14-11)8-13-9-4-2-1-3-5-9/h2-7,13H,8H2. The average Bonchev–Trinajstić information content (AvgIpc) is 2.63. The largest absolute Gasteiger partial charge is 0.454 e. The van der Waals surface area contributed by atoms with Crippen molar-refractivity contribution in [2.24, 2.45) is 0 Å². The van der Waals surface area contributed by atoms with Crippen molar-refractivity contribution in [3.05, 3.63) is 52.0 Å². The molecule has 1 N–H and O–H groups in total. The average molecular weight is 298 g/mol. The van der Waals surface area contributed by atoms with Gasteiger partial charge >= 0.3 is 0 Å². The number of nitrogens with one attached hydrogen (secondary N) is 1. The van der Waals surface area contributed by atoms with Gasteiger partial charge in [0, 0.05) is 5.69 Å². The van der Waals surface area contributed by atoms with Gasteiger partial charge < -0.3 is 9.73 Å². The Hall–Kier alpha value is -0.970. The zero-order chi connectivity index (χ0) is 9.80. The maximum absolute atomic E-state index is 5.42. The summed E-state index contributed by atoms with van der Waals surface area (Å²) < 4.78 is 6.34. The molecule has 0 aliphatic rings. The molecule has 0 aliphatic heterocycles. The van der Waals surface area contributed by atoms with Gasteiger partial charge in [0.15, 0.2) is 3.77 Å². The smallest absolute Gasteiger partial charge is 0.164 e. The van der Waals surface area contributed by atoms with E-state index < -0.39 is 0 Å². The van der Waals surface area contributed by atoms with Crippen molar-refractivity contribution < 1.29 is 4.42 Å². The molecule has 0 fully saturated rings. The molecule has 14 heavy (non-hydrogen) atoms. The summed E-state index contributed by atoms with van der Waals surface area (Å²) in [6.45, 7) is 0.715. The number of hydrogen-bond donors (Lipinski definition) is 1. The fraction of sp³-hybridized carbons (Fsp3) is 0.0909. The minimum Gasteiger partial charge on any atom is -0.454 e. The van der Waals surface area contributed by atoms with Crippen LogP contribution in [-0.4, -0.2) is 0 Å². The Morgan fingerprint density at radius 1 is 1.21 bits per heavy atom. The van der Waals surface area contributed by atoms with Crippen LogP contribution in [0.4, 0.5) is 5.69 Å². The molecule has 0 aliphatic carbocycles. The topological polar surface area (TPSA) is 25.2 Å². The van der Waals surface area contributed by atoms with E-state index in [-0.39, 0.29) is 0 Å². The molecular weight excluding hydrogens is 289 g/mol. The molecule has 1 radical (unpaired) electrons. The summed E-state index contributed by atoms with van der Waals surface area (Å²) in [5.74, 6) is 0.947. The van der Waals surface area contributed by atoms with Crippen LogP contribution < -0.4 is 5.32 Å². The molecule has 71 valence electrons. The lowest BCUT2D eigenvalue weighted by molar-refractivity contribution is 0.493. The summed E-state index contributed by atoms with van der Waals surface area (Å²) in [6, 6.07) is 14.6. The van der Waals surface area contributed by atoms with Crippen molar-refractivity contribution in [2.45, 2.75) is 6.54 Å². The second kappa shape index (κ2) is 4.50. The number of rotatable bonds is 3. The Morgan fingerprint density at radius 3 is 2.64 bits per heavy atom.